The van der Waals surface area contributed by atoms with E-state index in [9.17, 15) is 5.11 Å². The van der Waals surface area contributed by atoms with Crippen LogP contribution in [-0.4, -0.2) is 42.2 Å². The van der Waals surface area contributed by atoms with E-state index in [1.165, 1.54) is 0 Å². The lowest BCUT2D eigenvalue weighted by molar-refractivity contribution is -0.120. The third kappa shape index (κ3) is 11.5. The van der Waals surface area contributed by atoms with Gasteiger partial charge in [-0.2, -0.15) is 17.0 Å². The minimum atomic E-state index is -0.167. The molecule has 0 amide bonds. The second kappa shape index (κ2) is 15.1. The monoisotopic (exact) mass is 303 g/mol. The zero-order valence-corrected chi connectivity index (χ0v) is 13.7. The molecule has 0 aromatic carbocycles. The van der Waals surface area contributed by atoms with Crippen LogP contribution in [0.4, 0.5) is 0 Å². The van der Waals surface area contributed by atoms with Crippen LogP contribution in [0.15, 0.2) is 0 Å². The summed E-state index contributed by atoms with van der Waals surface area (Å²) in [5.41, 5.74) is 0. The number of nitrogens with zero attached hydrogens (tertiary/aromatic N) is 1. The van der Waals surface area contributed by atoms with E-state index < -0.39 is 0 Å². The Morgan fingerprint density at radius 3 is 2.30 bits per heavy atom. The summed E-state index contributed by atoms with van der Waals surface area (Å²) >= 11 is 1.73. The predicted octanol–water partition coefficient (Wildman–Crippen LogP) is 3.34. The molecule has 0 aromatic heterocycles. The van der Waals surface area contributed by atoms with Crippen molar-refractivity contribution in [2.24, 2.45) is 0 Å². The van der Waals surface area contributed by atoms with Crippen molar-refractivity contribution in [1.82, 2.24) is 0 Å². The summed E-state index contributed by atoms with van der Waals surface area (Å²) in [5.74, 6) is 0.765. The Morgan fingerprint density at radius 1 is 1.10 bits per heavy atom. The number of nitriles is 1. The molecule has 0 aliphatic carbocycles. The zero-order chi connectivity index (χ0) is 15.1. The molecule has 118 valence electrons. The van der Waals surface area contributed by atoms with E-state index in [2.05, 4.69) is 6.07 Å². The van der Waals surface area contributed by atoms with Gasteiger partial charge in [-0.1, -0.05) is 19.3 Å². The first-order valence-electron chi connectivity index (χ1n) is 7.61. The van der Waals surface area contributed by atoms with Gasteiger partial charge in [0.15, 0.2) is 6.29 Å². The van der Waals surface area contributed by atoms with Crippen LogP contribution in [-0.2, 0) is 9.47 Å². The minimum absolute atomic E-state index is 0.167. The van der Waals surface area contributed by atoms with Crippen LogP contribution >= 0.6 is 11.8 Å². The van der Waals surface area contributed by atoms with Crippen molar-refractivity contribution < 1.29 is 14.6 Å². The molecule has 0 spiro atoms. The molecule has 0 saturated carbocycles. The molecule has 4 nitrogen and oxygen atoms in total. The third-order valence-electron chi connectivity index (χ3n) is 2.94. The highest BCUT2D eigenvalue weighted by Crippen LogP contribution is 2.20. The fraction of sp³-hybridized carbons (Fsp3) is 0.933. The lowest BCUT2D eigenvalue weighted by atomic mass is 10.1. The Morgan fingerprint density at radius 2 is 1.75 bits per heavy atom. The normalized spacial score (nSPS) is 12.6. The quantitative estimate of drug-likeness (QED) is 0.394. The van der Waals surface area contributed by atoms with Gasteiger partial charge < -0.3 is 14.6 Å². The van der Waals surface area contributed by atoms with Crippen LogP contribution < -0.4 is 0 Å². The van der Waals surface area contributed by atoms with Crippen LogP contribution in [0.3, 0.4) is 0 Å². The summed E-state index contributed by atoms with van der Waals surface area (Å²) in [5, 5.41) is 18.1. The second-order valence-electron chi connectivity index (χ2n) is 4.59. The maximum atomic E-state index is 9.39. The molecular formula is C15H29NO3S. The summed E-state index contributed by atoms with van der Waals surface area (Å²) < 4.78 is 11.0. The summed E-state index contributed by atoms with van der Waals surface area (Å²) in [6.07, 6.45) is 5.85. The van der Waals surface area contributed by atoms with Gasteiger partial charge in [0.05, 0.1) is 12.7 Å². The third-order valence-corrected chi connectivity index (χ3v) is 4.26. The van der Waals surface area contributed by atoms with Gasteiger partial charge in [-0.05, 0) is 26.7 Å². The highest BCUT2D eigenvalue weighted by atomic mass is 32.2. The Hall–Kier alpha value is -0.280. The summed E-state index contributed by atoms with van der Waals surface area (Å²) in [7, 11) is 0. The van der Waals surface area contributed by atoms with E-state index in [0.29, 0.717) is 19.6 Å². The van der Waals surface area contributed by atoms with Crippen LogP contribution in [0.5, 0.6) is 0 Å². The molecule has 0 radical (unpaired) electrons. The smallest absolute Gasteiger partial charge is 0.166 e. The highest BCUT2D eigenvalue weighted by molar-refractivity contribution is 7.99. The number of aliphatic hydroxyl groups excluding tert-OH is 1. The van der Waals surface area contributed by atoms with Gasteiger partial charge in [-0.15, -0.1) is 0 Å². The van der Waals surface area contributed by atoms with Gasteiger partial charge in [0.2, 0.25) is 0 Å². The van der Waals surface area contributed by atoms with E-state index >= 15 is 0 Å². The molecule has 0 saturated heterocycles. The molecule has 0 rings (SSSR count). The molecule has 1 N–H and O–H groups in total. The molecule has 1 atom stereocenters. The number of ether oxygens (including phenoxy) is 2. The van der Waals surface area contributed by atoms with Gasteiger partial charge in [0, 0.05) is 30.6 Å². The van der Waals surface area contributed by atoms with Gasteiger partial charge in [0.1, 0.15) is 0 Å². The highest BCUT2D eigenvalue weighted by Gasteiger charge is 2.13. The Balaban J connectivity index is 3.71. The summed E-state index contributed by atoms with van der Waals surface area (Å²) in [6.45, 7) is 5.42. The van der Waals surface area contributed by atoms with Gasteiger partial charge in [0.25, 0.3) is 0 Å². The number of unbranched alkanes of at least 4 members (excludes halogenated alkanes) is 4. The number of thioether (sulfide) groups is 1. The predicted molar refractivity (Wildman–Crippen MR) is 83.7 cm³/mol. The van der Waals surface area contributed by atoms with Crippen molar-refractivity contribution in [2.75, 3.05) is 25.6 Å². The molecule has 5 heteroatoms. The summed E-state index contributed by atoms with van der Waals surface area (Å²) in [4.78, 5) is 0. The van der Waals surface area contributed by atoms with E-state index in [4.69, 9.17) is 14.7 Å². The van der Waals surface area contributed by atoms with Crippen molar-refractivity contribution in [3.05, 3.63) is 0 Å². The Bertz CT molecular complexity index is 240. The topological polar surface area (TPSA) is 62.5 Å². The van der Waals surface area contributed by atoms with Crippen molar-refractivity contribution in [1.29, 1.82) is 5.26 Å². The average Bonchev–Trinajstić information content (AvgIpc) is 2.46. The fourth-order valence-electron chi connectivity index (χ4n) is 1.89. The first-order chi connectivity index (χ1) is 9.78. The summed E-state index contributed by atoms with van der Waals surface area (Å²) in [6, 6.07) is 2.16. The SMILES string of the molecule is CCOC(CSC(CO)CCCCCCC#N)OCC. The molecule has 0 aromatic rings. The van der Waals surface area contributed by atoms with Crippen LogP contribution in [0, 0.1) is 11.3 Å². The zero-order valence-electron chi connectivity index (χ0n) is 12.8. The van der Waals surface area contributed by atoms with Crippen molar-refractivity contribution in [2.45, 2.75) is 63.9 Å². The largest absolute Gasteiger partial charge is 0.395 e. The maximum absolute atomic E-state index is 9.39. The van der Waals surface area contributed by atoms with Gasteiger partial charge in [-0.25, -0.2) is 0 Å². The van der Waals surface area contributed by atoms with E-state index in [1.807, 2.05) is 13.8 Å². The molecule has 0 aliphatic rings. The Kier molecular flexibility index (Phi) is 14.9. The minimum Gasteiger partial charge on any atom is -0.395 e. The molecular weight excluding hydrogens is 274 g/mol. The fourth-order valence-corrected chi connectivity index (χ4v) is 2.95. The molecule has 1 unspecified atom stereocenters. The van der Waals surface area contributed by atoms with Crippen LogP contribution in [0.2, 0.25) is 0 Å². The van der Waals surface area contributed by atoms with Crippen molar-refractivity contribution in [3.8, 4) is 6.07 Å². The average molecular weight is 303 g/mol. The molecule has 0 fully saturated rings. The lowest BCUT2D eigenvalue weighted by Gasteiger charge is -2.20. The lowest BCUT2D eigenvalue weighted by Crippen LogP contribution is -2.22. The first-order valence-corrected chi connectivity index (χ1v) is 8.65. The first kappa shape index (κ1) is 19.7. The molecule has 0 bridgehead atoms. The van der Waals surface area contributed by atoms with Crippen molar-refractivity contribution in [3.63, 3.8) is 0 Å². The van der Waals surface area contributed by atoms with Crippen LogP contribution in [0.1, 0.15) is 52.4 Å². The Labute approximate surface area is 127 Å². The number of aliphatic hydroxyl groups is 1. The van der Waals surface area contributed by atoms with E-state index in [-0.39, 0.29) is 18.1 Å². The standard InChI is InChI=1S/C15H29NO3S/c1-3-18-15(19-4-2)13-20-14(12-17)10-8-6-5-7-9-11-16/h14-15,17H,3-10,12-13H2,1-2H3. The number of rotatable bonds is 14. The second-order valence-corrected chi connectivity index (χ2v) is 5.92. The van der Waals surface area contributed by atoms with Crippen LogP contribution in [0.25, 0.3) is 0 Å². The molecule has 20 heavy (non-hydrogen) atoms. The molecule has 0 aliphatic heterocycles. The number of hydrogen-bond acceptors (Lipinski definition) is 5. The number of hydrogen-bond donors (Lipinski definition) is 1. The van der Waals surface area contributed by atoms with E-state index in [0.717, 1.165) is 37.9 Å². The van der Waals surface area contributed by atoms with Crippen molar-refractivity contribution >= 4 is 11.8 Å². The molecule has 0 heterocycles. The van der Waals surface area contributed by atoms with E-state index in [1.54, 1.807) is 11.8 Å². The van der Waals surface area contributed by atoms with Gasteiger partial charge >= 0.3 is 0 Å². The van der Waals surface area contributed by atoms with Gasteiger partial charge in [-0.3, -0.25) is 0 Å². The maximum Gasteiger partial charge on any atom is 0.166 e.